The monoisotopic (exact) mass is 1170 g/mol. The number of esters is 1. The average molecular weight is 1170 g/mol. The summed E-state index contributed by atoms with van der Waals surface area (Å²) in [5.74, 6) is -8.74. The van der Waals surface area contributed by atoms with Crippen molar-refractivity contribution in [1.82, 2.24) is 46.4 Å². The molecule has 2 aromatic heterocycles. The maximum absolute atomic E-state index is 15.5. The van der Waals surface area contributed by atoms with E-state index >= 15 is 4.39 Å². The van der Waals surface area contributed by atoms with Gasteiger partial charge in [-0.1, -0.05) is 20.8 Å². The molecule has 9 amide bonds. The first kappa shape index (κ1) is 62.0. The Morgan fingerprint density at radius 3 is 2.29 bits per heavy atom. The van der Waals surface area contributed by atoms with Crippen LogP contribution >= 0.6 is 0 Å². The van der Waals surface area contributed by atoms with Crippen molar-refractivity contribution >= 4 is 70.0 Å². The van der Waals surface area contributed by atoms with Crippen molar-refractivity contribution in [1.29, 1.82) is 0 Å². The van der Waals surface area contributed by atoms with Gasteiger partial charge in [-0.15, -0.1) is 0 Å². The summed E-state index contributed by atoms with van der Waals surface area (Å²) in [6.07, 6.45) is -3.17. The average Bonchev–Trinajstić information content (AvgIpc) is 1.63. The number of carbonyl (C=O) groups is 10. The summed E-state index contributed by atoms with van der Waals surface area (Å²) in [6.45, 7) is 6.46. The Labute approximate surface area is 479 Å². The van der Waals surface area contributed by atoms with Crippen molar-refractivity contribution in [2.24, 2.45) is 11.7 Å². The number of nitrogens with zero attached hydrogens (tertiary/aromatic N) is 3. The van der Waals surface area contributed by atoms with Crippen LogP contribution in [-0.2, 0) is 87.3 Å². The van der Waals surface area contributed by atoms with Gasteiger partial charge in [0.25, 0.3) is 17.4 Å². The lowest BCUT2D eigenvalue weighted by Crippen LogP contribution is -2.58. The Bertz CT molecular complexity index is 3280. The van der Waals surface area contributed by atoms with Crippen LogP contribution in [0.3, 0.4) is 0 Å². The molecule has 452 valence electrons. The predicted molar refractivity (Wildman–Crippen MR) is 290 cm³/mol. The Morgan fingerprint density at radius 2 is 1.60 bits per heavy atom. The number of hydrogen-bond donors (Lipinski definition) is 10. The van der Waals surface area contributed by atoms with E-state index in [4.69, 9.17) is 24.9 Å². The van der Waals surface area contributed by atoms with E-state index in [0.29, 0.717) is 46.6 Å². The predicted octanol–water partition coefficient (Wildman–Crippen LogP) is -2.14. The Morgan fingerprint density at radius 1 is 0.881 bits per heavy atom. The number of fused-ring (bicyclic) bond motifs is 5. The van der Waals surface area contributed by atoms with Gasteiger partial charge in [-0.2, -0.15) is 0 Å². The summed E-state index contributed by atoms with van der Waals surface area (Å²) in [6, 6.07) is -0.949. The first-order chi connectivity index (χ1) is 39.8. The van der Waals surface area contributed by atoms with E-state index in [2.05, 4.69) is 31.9 Å². The molecule has 1 unspecified atom stereocenters. The Hall–Kier alpha value is -8.05. The van der Waals surface area contributed by atoms with E-state index in [1.54, 1.807) is 33.8 Å². The molecule has 1 fully saturated rings. The molecule has 0 bridgehead atoms. The zero-order valence-electron chi connectivity index (χ0n) is 47.0. The molecule has 28 heteroatoms. The zero-order chi connectivity index (χ0) is 61.1. The van der Waals surface area contributed by atoms with Crippen molar-refractivity contribution in [3.05, 3.63) is 73.8 Å². The molecule has 0 saturated carbocycles. The quantitative estimate of drug-likeness (QED) is 0.0146. The highest BCUT2D eigenvalue weighted by molar-refractivity contribution is 6.14. The fourth-order valence-corrected chi connectivity index (χ4v) is 11.2. The van der Waals surface area contributed by atoms with Crippen LogP contribution in [0.4, 0.5) is 4.39 Å². The second-order valence-corrected chi connectivity index (χ2v) is 21.9. The fourth-order valence-electron chi connectivity index (χ4n) is 11.2. The van der Waals surface area contributed by atoms with Gasteiger partial charge in [-0.3, -0.25) is 52.8 Å². The second kappa shape index (κ2) is 25.8. The van der Waals surface area contributed by atoms with E-state index in [-0.39, 0.29) is 75.9 Å². The number of ether oxygens (including phenoxy) is 3. The molecule has 5 aliphatic rings. The highest BCUT2D eigenvalue weighted by Crippen LogP contribution is 2.47. The second-order valence-electron chi connectivity index (χ2n) is 21.9. The van der Waals surface area contributed by atoms with Gasteiger partial charge in [0.15, 0.2) is 5.60 Å². The number of carbonyl (C=O) groups excluding carboxylic acids is 10. The van der Waals surface area contributed by atoms with Gasteiger partial charge in [-0.25, -0.2) is 14.2 Å². The maximum atomic E-state index is 15.5. The summed E-state index contributed by atoms with van der Waals surface area (Å²) in [5.41, 5.74) is 7.20. The largest absolute Gasteiger partial charge is 0.458 e. The SMILES string of the molecule is CC[C@@]1(O)C(=O)OCc2c1cc1n(c2=O)Cc2c-1nc1cc(F)c(C)c3c1c2C(CCOCNC(=O)[C@H](C)NC(=O)[C@@H](NC(=O)[C@H](CCC(=O)NC[C@H]1O[C@@H](CC(N)=O)[C@H](O)[C@@H]1O)NC(=O)CCNC(=O)CN1C(=O)C=CC1=O)C(C)C)CC3. The number of halogens is 1. The van der Waals surface area contributed by atoms with E-state index in [1.807, 2.05) is 0 Å². The first-order valence-corrected chi connectivity index (χ1v) is 27.8. The highest BCUT2D eigenvalue weighted by Gasteiger charge is 2.47. The number of benzene rings is 1. The van der Waals surface area contributed by atoms with Crippen LogP contribution < -0.4 is 43.2 Å². The molecule has 0 spiro atoms. The minimum absolute atomic E-state index is 0.0391. The van der Waals surface area contributed by atoms with Gasteiger partial charge in [-0.05, 0) is 80.5 Å². The number of hydrogen-bond acceptors (Lipinski definition) is 18. The number of imide groups is 1. The van der Waals surface area contributed by atoms with Crippen LogP contribution in [0.5, 0.6) is 0 Å². The number of nitrogens with one attached hydrogen (secondary N) is 6. The number of aryl methyl sites for hydroxylation is 1. The molecule has 3 aromatic rings. The molecule has 8 rings (SSSR count). The number of aliphatic hydroxyl groups is 3. The smallest absolute Gasteiger partial charge is 0.343 e. The van der Waals surface area contributed by atoms with Crippen molar-refractivity contribution in [2.45, 2.75) is 153 Å². The Kier molecular flexibility index (Phi) is 19.1. The number of primary amides is 1. The lowest BCUT2D eigenvalue weighted by molar-refractivity contribution is -0.172. The van der Waals surface area contributed by atoms with Gasteiger partial charge in [0.1, 0.15) is 62.1 Å². The van der Waals surface area contributed by atoms with Gasteiger partial charge in [0.05, 0.1) is 41.5 Å². The first-order valence-electron chi connectivity index (χ1n) is 27.8. The molecule has 11 N–H and O–H groups in total. The van der Waals surface area contributed by atoms with Crippen molar-refractivity contribution in [3.8, 4) is 11.4 Å². The Balaban J connectivity index is 0.864. The van der Waals surface area contributed by atoms with Crippen LogP contribution in [0.1, 0.15) is 112 Å². The molecule has 84 heavy (non-hydrogen) atoms. The lowest BCUT2D eigenvalue weighted by atomic mass is 9.77. The summed E-state index contributed by atoms with van der Waals surface area (Å²) < 4.78 is 33.6. The molecule has 6 heterocycles. The number of cyclic esters (lactones) is 1. The molecule has 1 saturated heterocycles. The van der Waals surface area contributed by atoms with Gasteiger partial charge < -0.3 is 71.7 Å². The molecule has 1 aliphatic carbocycles. The molecule has 1 aromatic carbocycles. The third kappa shape index (κ3) is 13.0. The van der Waals surface area contributed by atoms with Crippen molar-refractivity contribution in [2.75, 3.05) is 33.0 Å². The van der Waals surface area contributed by atoms with Crippen LogP contribution in [0.25, 0.3) is 22.3 Å². The highest BCUT2D eigenvalue weighted by atomic mass is 19.1. The number of amides is 9. The molecular weight excluding hydrogens is 1100 g/mol. The molecule has 27 nitrogen and oxygen atoms in total. The van der Waals surface area contributed by atoms with Crippen LogP contribution in [0.2, 0.25) is 0 Å². The van der Waals surface area contributed by atoms with Crippen LogP contribution in [0, 0.1) is 18.7 Å². The number of aromatic nitrogens is 2. The van der Waals surface area contributed by atoms with E-state index in [9.17, 15) is 68.1 Å². The molecule has 4 aliphatic heterocycles. The van der Waals surface area contributed by atoms with Gasteiger partial charge >= 0.3 is 5.97 Å². The number of aliphatic hydroxyl groups excluding tert-OH is 2. The topological polar surface area (TPSA) is 395 Å². The number of pyridine rings is 2. The van der Waals surface area contributed by atoms with Gasteiger partial charge in [0.2, 0.25) is 41.4 Å². The van der Waals surface area contributed by atoms with Gasteiger partial charge in [0, 0.05) is 67.3 Å². The standard InChI is InChI=1S/C56H69FN10O17/c1-6-56(81)32-17-36-48-30(21-66(36)54(79)31(32)23-83-55(56)80)45-28(7-8-29-26(4)33(57)18-35(64-48)46(29)45)14-16-82-24-61-51(76)27(5)62-53(78)47(25(2)3)65-52(77)34(63-41(70)13-15-59-42(71)22-67-43(72)11-12-44(67)73)9-10-40(69)60-20-38-50(75)49(74)37(84-38)19-39(58)68/h11-12,17-18,25,27-28,34,37-38,47,49-50,74-75,81H,6-10,13-16,19-24H2,1-5H3,(H2,58,68)(H,59,71)(H,60,69)(H,61,76)(H,62,78)(H,63,70)(H,65,77)/t27-,28?,34-,37-,38+,47-,49-,50+,56-/m0/s1. The third-order valence-electron chi connectivity index (χ3n) is 16.0. The normalized spacial score (nSPS) is 22.1. The summed E-state index contributed by atoms with van der Waals surface area (Å²) in [7, 11) is 0. The summed E-state index contributed by atoms with van der Waals surface area (Å²) in [5, 5.41) is 48.1. The zero-order valence-corrected chi connectivity index (χ0v) is 47.0. The minimum Gasteiger partial charge on any atom is -0.458 e. The fraction of sp³-hybridized carbons (Fsp3) is 0.536. The third-order valence-corrected chi connectivity index (χ3v) is 16.0. The van der Waals surface area contributed by atoms with Crippen LogP contribution in [-0.4, -0.2) is 164 Å². The molecule has 9 atom stereocenters. The van der Waals surface area contributed by atoms with Crippen molar-refractivity contribution < 1.29 is 81.9 Å². The minimum atomic E-state index is -2.04. The maximum Gasteiger partial charge on any atom is 0.343 e. The lowest BCUT2D eigenvalue weighted by Gasteiger charge is -2.31. The van der Waals surface area contributed by atoms with E-state index in [1.165, 1.54) is 17.6 Å². The number of nitrogens with two attached hydrogens (primary N) is 1. The van der Waals surface area contributed by atoms with E-state index in [0.717, 1.165) is 34.2 Å². The molecule has 0 radical (unpaired) electrons. The van der Waals surface area contributed by atoms with E-state index < -0.39 is 144 Å². The number of rotatable bonds is 25. The van der Waals surface area contributed by atoms with Crippen LogP contribution in [0.15, 0.2) is 29.1 Å². The summed E-state index contributed by atoms with van der Waals surface area (Å²) in [4.78, 5) is 147. The summed E-state index contributed by atoms with van der Waals surface area (Å²) >= 11 is 0. The van der Waals surface area contributed by atoms with Crippen molar-refractivity contribution in [3.63, 3.8) is 0 Å². The molecular formula is C56H69FN10O17.